The van der Waals surface area contributed by atoms with Crippen LogP contribution in [0.2, 0.25) is 0 Å². The van der Waals surface area contributed by atoms with Gasteiger partial charge < -0.3 is 19.4 Å². The average Bonchev–Trinajstić information content (AvgIpc) is 2.76. The molecule has 4 heteroatoms. The molecule has 0 fully saturated rings. The second-order valence-corrected chi connectivity index (χ2v) is 6.59. The molecule has 20 heavy (non-hydrogen) atoms. The molecule has 0 aliphatic carbocycles. The van der Waals surface area contributed by atoms with E-state index in [4.69, 9.17) is 9.15 Å². The van der Waals surface area contributed by atoms with Gasteiger partial charge in [-0.05, 0) is 52.5 Å². The zero-order valence-electron chi connectivity index (χ0n) is 13.8. The monoisotopic (exact) mass is 282 g/mol. The van der Waals surface area contributed by atoms with E-state index in [2.05, 4.69) is 52.0 Å². The van der Waals surface area contributed by atoms with Crippen molar-refractivity contribution in [2.45, 2.75) is 46.4 Å². The Morgan fingerprint density at radius 2 is 1.90 bits per heavy atom. The van der Waals surface area contributed by atoms with E-state index in [0.717, 1.165) is 24.6 Å². The lowest BCUT2D eigenvalue weighted by molar-refractivity contribution is 0.0206. The molecule has 0 unspecified atom stereocenters. The van der Waals surface area contributed by atoms with Gasteiger partial charge in [0.2, 0.25) is 0 Å². The largest absolute Gasteiger partial charge is 0.462 e. The number of nitrogens with one attached hydrogen (secondary N) is 1. The van der Waals surface area contributed by atoms with Crippen LogP contribution in [0.4, 0.5) is 0 Å². The Morgan fingerprint density at radius 3 is 2.50 bits per heavy atom. The second kappa shape index (κ2) is 7.81. The van der Waals surface area contributed by atoms with Crippen molar-refractivity contribution in [2.75, 3.05) is 27.2 Å². The van der Waals surface area contributed by atoms with Gasteiger partial charge in [-0.2, -0.15) is 0 Å². The van der Waals surface area contributed by atoms with E-state index in [1.165, 1.54) is 0 Å². The molecule has 1 N–H and O–H groups in total. The van der Waals surface area contributed by atoms with E-state index in [9.17, 15) is 0 Å². The summed E-state index contributed by atoms with van der Waals surface area (Å²) in [7, 11) is 4.13. The zero-order chi connectivity index (χ0) is 15.2. The van der Waals surface area contributed by atoms with E-state index >= 15 is 0 Å². The molecule has 0 aliphatic heterocycles. The number of furan rings is 1. The van der Waals surface area contributed by atoms with Crippen LogP contribution in [0.5, 0.6) is 0 Å². The standard InChI is InChI=1S/C16H30N2O2/c1-13(2)9-17-10-14-7-8-15(20-14)11-19-12-16(3,4)18(5)6/h7-8,13,17H,9-12H2,1-6H3. The van der Waals surface area contributed by atoms with Gasteiger partial charge in [-0.1, -0.05) is 13.8 Å². The van der Waals surface area contributed by atoms with Crippen molar-refractivity contribution in [1.29, 1.82) is 0 Å². The van der Waals surface area contributed by atoms with Crippen molar-refractivity contribution >= 4 is 0 Å². The number of nitrogens with zero attached hydrogens (tertiary/aromatic N) is 1. The van der Waals surface area contributed by atoms with Crippen LogP contribution in [-0.4, -0.2) is 37.7 Å². The molecule has 0 bridgehead atoms. The van der Waals surface area contributed by atoms with E-state index in [0.29, 0.717) is 19.1 Å². The molecule has 116 valence electrons. The first kappa shape index (κ1) is 17.2. The molecule has 1 rings (SSSR count). The lowest BCUT2D eigenvalue weighted by Gasteiger charge is -2.31. The highest BCUT2D eigenvalue weighted by Crippen LogP contribution is 2.13. The van der Waals surface area contributed by atoms with Crippen LogP contribution in [0.1, 0.15) is 39.2 Å². The third-order valence-electron chi connectivity index (χ3n) is 3.48. The molecule has 0 aliphatic rings. The Morgan fingerprint density at radius 1 is 1.25 bits per heavy atom. The summed E-state index contributed by atoms with van der Waals surface area (Å²) in [6.45, 7) is 11.7. The smallest absolute Gasteiger partial charge is 0.129 e. The Bertz CT molecular complexity index is 384. The molecule has 0 radical (unpaired) electrons. The Kier molecular flexibility index (Phi) is 6.72. The third-order valence-corrected chi connectivity index (χ3v) is 3.48. The summed E-state index contributed by atoms with van der Waals surface area (Å²) < 4.78 is 11.5. The fourth-order valence-electron chi connectivity index (χ4n) is 1.61. The van der Waals surface area contributed by atoms with Crippen LogP contribution >= 0.6 is 0 Å². The normalized spacial score (nSPS) is 12.6. The van der Waals surface area contributed by atoms with Crippen LogP contribution in [0.3, 0.4) is 0 Å². The number of hydrogen-bond acceptors (Lipinski definition) is 4. The molecular weight excluding hydrogens is 252 g/mol. The van der Waals surface area contributed by atoms with Crippen LogP contribution in [0.25, 0.3) is 0 Å². The summed E-state index contributed by atoms with van der Waals surface area (Å²) in [6, 6.07) is 4.01. The quantitative estimate of drug-likeness (QED) is 0.756. The molecule has 1 heterocycles. The molecule has 1 aromatic heterocycles. The molecule has 1 aromatic rings. The molecule has 0 aromatic carbocycles. The minimum Gasteiger partial charge on any atom is -0.462 e. The summed E-state index contributed by atoms with van der Waals surface area (Å²) in [4.78, 5) is 2.16. The van der Waals surface area contributed by atoms with E-state index in [-0.39, 0.29) is 5.54 Å². The molecule has 0 saturated heterocycles. The number of ether oxygens (including phenoxy) is 1. The number of likely N-dealkylation sites (N-methyl/N-ethyl adjacent to an activating group) is 1. The minimum absolute atomic E-state index is 0.0360. The first-order chi connectivity index (χ1) is 9.31. The third kappa shape index (κ3) is 6.07. The zero-order valence-corrected chi connectivity index (χ0v) is 13.8. The van der Waals surface area contributed by atoms with Gasteiger partial charge in [0.15, 0.2) is 0 Å². The van der Waals surface area contributed by atoms with Crippen molar-refractivity contribution in [3.05, 3.63) is 23.7 Å². The van der Waals surface area contributed by atoms with Gasteiger partial charge in [0, 0.05) is 5.54 Å². The summed E-state index contributed by atoms with van der Waals surface area (Å²) in [5.41, 5.74) is 0.0360. The van der Waals surface area contributed by atoms with Gasteiger partial charge in [0.05, 0.1) is 13.2 Å². The Hall–Kier alpha value is -0.840. The number of rotatable bonds is 9. The van der Waals surface area contributed by atoms with Gasteiger partial charge in [0.1, 0.15) is 18.1 Å². The first-order valence-corrected chi connectivity index (χ1v) is 7.35. The maximum absolute atomic E-state index is 5.75. The lowest BCUT2D eigenvalue weighted by atomic mass is 10.1. The summed E-state index contributed by atoms with van der Waals surface area (Å²) in [6.07, 6.45) is 0. The SMILES string of the molecule is CC(C)CNCc1ccc(COCC(C)(C)N(C)C)o1. The fourth-order valence-corrected chi connectivity index (χ4v) is 1.61. The topological polar surface area (TPSA) is 37.6 Å². The van der Waals surface area contributed by atoms with Crippen LogP contribution in [0.15, 0.2) is 16.5 Å². The molecular formula is C16H30N2O2. The molecule has 0 spiro atoms. The van der Waals surface area contributed by atoms with Gasteiger partial charge >= 0.3 is 0 Å². The van der Waals surface area contributed by atoms with Crippen molar-refractivity contribution in [2.24, 2.45) is 5.92 Å². The molecule has 0 amide bonds. The van der Waals surface area contributed by atoms with Gasteiger partial charge in [-0.15, -0.1) is 0 Å². The Balaban J connectivity index is 2.30. The molecule has 0 atom stereocenters. The highest BCUT2D eigenvalue weighted by molar-refractivity contribution is 5.06. The predicted octanol–water partition coefficient (Wildman–Crippen LogP) is 2.88. The van der Waals surface area contributed by atoms with Crippen LogP contribution in [0, 0.1) is 5.92 Å². The van der Waals surface area contributed by atoms with E-state index < -0.39 is 0 Å². The van der Waals surface area contributed by atoms with Crippen molar-refractivity contribution < 1.29 is 9.15 Å². The molecule has 4 nitrogen and oxygen atoms in total. The van der Waals surface area contributed by atoms with Gasteiger partial charge in [0.25, 0.3) is 0 Å². The minimum atomic E-state index is 0.0360. The number of hydrogen-bond donors (Lipinski definition) is 1. The maximum Gasteiger partial charge on any atom is 0.129 e. The van der Waals surface area contributed by atoms with Crippen molar-refractivity contribution in [3.63, 3.8) is 0 Å². The second-order valence-electron chi connectivity index (χ2n) is 6.59. The first-order valence-electron chi connectivity index (χ1n) is 7.35. The van der Waals surface area contributed by atoms with Crippen molar-refractivity contribution in [3.8, 4) is 0 Å². The van der Waals surface area contributed by atoms with Gasteiger partial charge in [-0.25, -0.2) is 0 Å². The average molecular weight is 282 g/mol. The Labute approximate surface area is 123 Å². The summed E-state index contributed by atoms with van der Waals surface area (Å²) in [5, 5.41) is 3.37. The van der Waals surface area contributed by atoms with E-state index in [1.807, 2.05) is 12.1 Å². The lowest BCUT2D eigenvalue weighted by Crippen LogP contribution is -2.42. The summed E-state index contributed by atoms with van der Waals surface area (Å²) >= 11 is 0. The summed E-state index contributed by atoms with van der Waals surface area (Å²) in [5.74, 6) is 2.51. The van der Waals surface area contributed by atoms with Crippen LogP contribution < -0.4 is 5.32 Å². The van der Waals surface area contributed by atoms with Crippen LogP contribution in [-0.2, 0) is 17.9 Å². The maximum atomic E-state index is 5.75. The van der Waals surface area contributed by atoms with Crippen molar-refractivity contribution in [1.82, 2.24) is 10.2 Å². The highest BCUT2D eigenvalue weighted by Gasteiger charge is 2.20. The van der Waals surface area contributed by atoms with Gasteiger partial charge in [-0.3, -0.25) is 0 Å². The molecule has 0 saturated carbocycles. The highest BCUT2D eigenvalue weighted by atomic mass is 16.5. The van der Waals surface area contributed by atoms with E-state index in [1.54, 1.807) is 0 Å². The predicted molar refractivity (Wildman–Crippen MR) is 82.7 cm³/mol. The fraction of sp³-hybridized carbons (Fsp3) is 0.750.